The zero-order valence-electron chi connectivity index (χ0n) is 14.6. The number of hydrogen-bond donors (Lipinski definition) is 3. The van der Waals surface area contributed by atoms with Gasteiger partial charge < -0.3 is 15.3 Å². The van der Waals surface area contributed by atoms with Crippen LogP contribution in [-0.4, -0.2) is 27.4 Å². The van der Waals surface area contributed by atoms with E-state index < -0.39 is 0 Å². The summed E-state index contributed by atoms with van der Waals surface area (Å²) in [5.41, 5.74) is 4.42. The summed E-state index contributed by atoms with van der Waals surface area (Å²) in [5, 5.41) is 4.23. The largest absolute Gasteiger partial charge is 0.361 e. The molecule has 4 rings (SSSR count). The van der Waals surface area contributed by atoms with E-state index in [-0.39, 0.29) is 5.91 Å². The van der Waals surface area contributed by atoms with Crippen molar-refractivity contribution in [2.75, 3.05) is 6.54 Å². The van der Waals surface area contributed by atoms with Crippen LogP contribution >= 0.6 is 0 Å². The summed E-state index contributed by atoms with van der Waals surface area (Å²) in [4.78, 5) is 23.1. The molecule has 0 saturated heterocycles. The van der Waals surface area contributed by atoms with Gasteiger partial charge in [-0.15, -0.1) is 0 Å². The Labute approximate surface area is 151 Å². The number of carbonyl (C=O) groups is 1. The smallest absolute Gasteiger partial charge is 0.220 e. The van der Waals surface area contributed by atoms with E-state index in [1.54, 1.807) is 0 Å². The van der Waals surface area contributed by atoms with Crippen molar-refractivity contribution in [3.05, 3.63) is 66.1 Å². The highest BCUT2D eigenvalue weighted by molar-refractivity contribution is 5.83. The molecule has 2 heterocycles. The second-order valence-corrected chi connectivity index (χ2v) is 6.51. The molecule has 0 saturated carbocycles. The number of nitrogens with zero attached hydrogens (tertiary/aromatic N) is 1. The molecule has 2 aromatic heterocycles. The normalized spacial score (nSPS) is 11.2. The van der Waals surface area contributed by atoms with E-state index in [9.17, 15) is 4.79 Å². The molecule has 0 atom stereocenters. The van der Waals surface area contributed by atoms with Gasteiger partial charge in [0.1, 0.15) is 5.82 Å². The standard InChI is InChI=1S/C21H22N4O/c26-21(11-5-6-15-14-23-17-8-2-1-7-16(15)17)22-13-12-20-24-18-9-3-4-10-19(18)25-20/h1-4,7-10,14,23H,5-6,11-13H2,(H,22,26)(H,24,25). The van der Waals surface area contributed by atoms with Crippen LogP contribution in [0.5, 0.6) is 0 Å². The van der Waals surface area contributed by atoms with Crippen molar-refractivity contribution in [1.29, 1.82) is 0 Å². The van der Waals surface area contributed by atoms with Crippen molar-refractivity contribution in [2.45, 2.75) is 25.7 Å². The zero-order chi connectivity index (χ0) is 17.8. The van der Waals surface area contributed by atoms with E-state index in [1.807, 2.05) is 42.6 Å². The number of imidazole rings is 1. The van der Waals surface area contributed by atoms with Crippen molar-refractivity contribution >= 4 is 27.8 Å². The molecule has 0 bridgehead atoms. The van der Waals surface area contributed by atoms with E-state index in [2.05, 4.69) is 32.4 Å². The quantitative estimate of drug-likeness (QED) is 0.477. The summed E-state index contributed by atoms with van der Waals surface area (Å²) < 4.78 is 0. The Morgan fingerprint density at radius 3 is 2.69 bits per heavy atom. The van der Waals surface area contributed by atoms with Crippen LogP contribution in [0.25, 0.3) is 21.9 Å². The molecule has 0 unspecified atom stereocenters. The van der Waals surface area contributed by atoms with Gasteiger partial charge in [-0.05, 0) is 36.6 Å². The van der Waals surface area contributed by atoms with E-state index in [1.165, 1.54) is 10.9 Å². The highest BCUT2D eigenvalue weighted by Gasteiger charge is 2.06. The minimum atomic E-state index is 0.0981. The summed E-state index contributed by atoms with van der Waals surface area (Å²) in [6.07, 6.45) is 5.05. The van der Waals surface area contributed by atoms with Gasteiger partial charge in [-0.25, -0.2) is 4.98 Å². The minimum absolute atomic E-state index is 0.0981. The number of benzene rings is 2. The van der Waals surface area contributed by atoms with Crippen LogP contribution in [0.15, 0.2) is 54.7 Å². The summed E-state index contributed by atoms with van der Waals surface area (Å²) in [6, 6.07) is 16.2. The number of aryl methyl sites for hydroxylation is 1. The number of nitrogens with one attached hydrogen (secondary N) is 3. The Bertz CT molecular complexity index is 998. The first kappa shape index (κ1) is 16.4. The molecule has 0 radical (unpaired) electrons. The van der Waals surface area contributed by atoms with Gasteiger partial charge >= 0.3 is 0 Å². The summed E-state index contributed by atoms with van der Waals surface area (Å²) in [6.45, 7) is 0.603. The molecule has 3 N–H and O–H groups in total. The van der Waals surface area contributed by atoms with Gasteiger partial charge in [0.05, 0.1) is 11.0 Å². The molecule has 5 nitrogen and oxygen atoms in total. The van der Waals surface area contributed by atoms with Crippen LogP contribution < -0.4 is 5.32 Å². The minimum Gasteiger partial charge on any atom is -0.361 e. The van der Waals surface area contributed by atoms with E-state index in [0.29, 0.717) is 19.4 Å². The lowest BCUT2D eigenvalue weighted by molar-refractivity contribution is -0.121. The number of fused-ring (bicyclic) bond motifs is 2. The molecule has 0 aliphatic carbocycles. The highest BCUT2D eigenvalue weighted by atomic mass is 16.1. The Hall–Kier alpha value is -3.08. The molecule has 4 aromatic rings. The van der Waals surface area contributed by atoms with Gasteiger partial charge in [-0.1, -0.05) is 30.3 Å². The number of amides is 1. The zero-order valence-corrected chi connectivity index (χ0v) is 14.6. The Kier molecular flexibility index (Phi) is 4.69. The van der Waals surface area contributed by atoms with Crippen LogP contribution in [0, 0.1) is 0 Å². The van der Waals surface area contributed by atoms with E-state index in [0.717, 1.165) is 35.2 Å². The van der Waals surface area contributed by atoms with Crippen molar-refractivity contribution < 1.29 is 4.79 Å². The molecule has 0 aliphatic rings. The lowest BCUT2D eigenvalue weighted by Gasteiger charge is -2.04. The maximum absolute atomic E-state index is 12.0. The first-order valence-electron chi connectivity index (χ1n) is 9.05. The monoisotopic (exact) mass is 346 g/mol. The van der Waals surface area contributed by atoms with Crippen molar-refractivity contribution in [3.8, 4) is 0 Å². The van der Waals surface area contributed by atoms with E-state index >= 15 is 0 Å². The molecule has 1 amide bonds. The van der Waals surface area contributed by atoms with Crippen LogP contribution in [0.3, 0.4) is 0 Å². The highest BCUT2D eigenvalue weighted by Crippen LogP contribution is 2.19. The Morgan fingerprint density at radius 1 is 1.00 bits per heavy atom. The van der Waals surface area contributed by atoms with Crippen molar-refractivity contribution in [1.82, 2.24) is 20.3 Å². The second kappa shape index (κ2) is 7.44. The molecule has 0 spiro atoms. The fourth-order valence-electron chi connectivity index (χ4n) is 3.31. The fraction of sp³-hybridized carbons (Fsp3) is 0.238. The van der Waals surface area contributed by atoms with Crippen LogP contribution in [-0.2, 0) is 17.6 Å². The average molecular weight is 346 g/mol. The van der Waals surface area contributed by atoms with Gasteiger partial charge in [-0.3, -0.25) is 4.79 Å². The first-order chi connectivity index (χ1) is 12.8. The summed E-state index contributed by atoms with van der Waals surface area (Å²) >= 11 is 0. The number of H-pyrrole nitrogens is 2. The van der Waals surface area contributed by atoms with Gasteiger partial charge in [0.2, 0.25) is 5.91 Å². The number of rotatable bonds is 7. The van der Waals surface area contributed by atoms with Gasteiger partial charge in [0.25, 0.3) is 0 Å². The first-order valence-corrected chi connectivity index (χ1v) is 9.05. The second-order valence-electron chi connectivity index (χ2n) is 6.51. The molecular formula is C21H22N4O. The van der Waals surface area contributed by atoms with Gasteiger partial charge in [0.15, 0.2) is 0 Å². The predicted octanol–water partition coefficient (Wildman–Crippen LogP) is 3.73. The average Bonchev–Trinajstić information content (AvgIpc) is 3.25. The molecule has 5 heteroatoms. The number of aromatic nitrogens is 3. The Morgan fingerprint density at radius 2 is 1.81 bits per heavy atom. The maximum Gasteiger partial charge on any atom is 0.220 e. The number of aromatic amines is 2. The maximum atomic E-state index is 12.0. The topological polar surface area (TPSA) is 73.6 Å². The third-order valence-corrected chi connectivity index (χ3v) is 4.65. The lowest BCUT2D eigenvalue weighted by Crippen LogP contribution is -2.25. The lowest BCUT2D eigenvalue weighted by atomic mass is 10.1. The number of para-hydroxylation sites is 3. The number of hydrogen-bond acceptors (Lipinski definition) is 2. The summed E-state index contributed by atoms with van der Waals surface area (Å²) in [7, 11) is 0. The summed E-state index contributed by atoms with van der Waals surface area (Å²) in [5.74, 6) is 1.01. The third kappa shape index (κ3) is 3.61. The Balaban J connectivity index is 1.21. The van der Waals surface area contributed by atoms with Crippen LogP contribution in [0.2, 0.25) is 0 Å². The van der Waals surface area contributed by atoms with Crippen molar-refractivity contribution in [2.24, 2.45) is 0 Å². The molecule has 26 heavy (non-hydrogen) atoms. The number of carbonyl (C=O) groups excluding carboxylic acids is 1. The molecular weight excluding hydrogens is 324 g/mol. The fourth-order valence-corrected chi connectivity index (χ4v) is 3.31. The molecule has 2 aromatic carbocycles. The third-order valence-electron chi connectivity index (χ3n) is 4.65. The predicted molar refractivity (Wildman–Crippen MR) is 104 cm³/mol. The molecule has 0 fully saturated rings. The van der Waals surface area contributed by atoms with Crippen LogP contribution in [0.4, 0.5) is 0 Å². The van der Waals surface area contributed by atoms with Gasteiger partial charge in [-0.2, -0.15) is 0 Å². The van der Waals surface area contributed by atoms with Crippen molar-refractivity contribution in [3.63, 3.8) is 0 Å². The van der Waals surface area contributed by atoms with E-state index in [4.69, 9.17) is 0 Å². The van der Waals surface area contributed by atoms with Crippen LogP contribution in [0.1, 0.15) is 24.2 Å². The van der Waals surface area contributed by atoms with Gasteiger partial charge in [0, 0.05) is 36.5 Å². The molecule has 0 aliphatic heterocycles. The SMILES string of the molecule is O=C(CCCc1c[nH]c2ccccc12)NCCc1nc2ccccc2[nH]1. The molecule has 132 valence electrons.